The predicted molar refractivity (Wildman–Crippen MR) is 66.7 cm³/mol. The lowest BCUT2D eigenvalue weighted by atomic mass is 10.3. The van der Waals surface area contributed by atoms with Crippen LogP contribution in [0.5, 0.6) is 0 Å². The molecular formula is C11H10ClFN2O2S. The van der Waals surface area contributed by atoms with Crippen molar-refractivity contribution in [3.05, 3.63) is 47.5 Å². The molecule has 0 radical (unpaired) electrons. The number of hydrogen-bond acceptors (Lipinski definition) is 3. The summed E-state index contributed by atoms with van der Waals surface area (Å²) < 4.78 is 36.5. The summed E-state index contributed by atoms with van der Waals surface area (Å²) in [5.41, 5.74) is 1.56. The summed E-state index contributed by atoms with van der Waals surface area (Å²) in [6.07, 6.45) is 1.53. The number of nitrogens with zero attached hydrogens (tertiary/aromatic N) is 2. The largest absolute Gasteiger partial charge is 0.240 e. The summed E-state index contributed by atoms with van der Waals surface area (Å²) in [7, 11) is 1.56. The van der Waals surface area contributed by atoms with E-state index in [-0.39, 0.29) is 11.6 Å². The summed E-state index contributed by atoms with van der Waals surface area (Å²) in [6.45, 7) is 1.67. The minimum atomic E-state index is -3.63. The van der Waals surface area contributed by atoms with Crippen LogP contribution in [0.4, 0.5) is 4.39 Å². The highest BCUT2D eigenvalue weighted by atomic mass is 35.7. The molecule has 2 aromatic rings. The number of aromatic nitrogens is 2. The second-order valence-corrected chi connectivity index (χ2v) is 6.62. The maximum Gasteiger partial charge on any atom is 0.236 e. The topological polar surface area (TPSA) is 52.0 Å². The van der Waals surface area contributed by atoms with Gasteiger partial charge in [0.25, 0.3) is 0 Å². The van der Waals surface area contributed by atoms with Crippen molar-refractivity contribution in [1.82, 2.24) is 9.78 Å². The number of benzene rings is 1. The van der Waals surface area contributed by atoms with E-state index >= 15 is 0 Å². The molecule has 0 saturated heterocycles. The van der Waals surface area contributed by atoms with E-state index in [1.807, 2.05) is 0 Å². The molecule has 0 fully saturated rings. The van der Waals surface area contributed by atoms with E-state index in [0.29, 0.717) is 16.9 Å². The Labute approximate surface area is 108 Å². The molecule has 0 atom stereocenters. The second kappa shape index (κ2) is 4.70. The second-order valence-electron chi connectivity index (χ2n) is 3.85. The molecule has 0 aliphatic heterocycles. The average molecular weight is 289 g/mol. The maximum absolute atomic E-state index is 13.1. The van der Waals surface area contributed by atoms with Crippen LogP contribution < -0.4 is 0 Å². The van der Waals surface area contributed by atoms with Crippen molar-refractivity contribution in [2.45, 2.75) is 12.7 Å². The third kappa shape index (κ3) is 3.08. The van der Waals surface area contributed by atoms with E-state index in [1.54, 1.807) is 19.1 Å². The fourth-order valence-corrected chi connectivity index (χ4v) is 2.58. The fourth-order valence-electron chi connectivity index (χ4n) is 1.57. The molecule has 1 aromatic carbocycles. The van der Waals surface area contributed by atoms with Crippen LogP contribution in [-0.2, 0) is 14.8 Å². The highest BCUT2D eigenvalue weighted by Gasteiger charge is 2.13. The van der Waals surface area contributed by atoms with Crippen LogP contribution in [0.25, 0.3) is 5.69 Å². The number of rotatable bonds is 3. The zero-order valence-electron chi connectivity index (χ0n) is 9.47. The van der Waals surface area contributed by atoms with Gasteiger partial charge in [0, 0.05) is 22.4 Å². The maximum atomic E-state index is 13.1. The third-order valence-electron chi connectivity index (χ3n) is 2.40. The zero-order valence-corrected chi connectivity index (χ0v) is 11.0. The van der Waals surface area contributed by atoms with Crippen molar-refractivity contribution in [2.24, 2.45) is 0 Å². The Morgan fingerprint density at radius 1 is 1.44 bits per heavy atom. The summed E-state index contributed by atoms with van der Waals surface area (Å²) in [5, 5.41) is 4.13. The van der Waals surface area contributed by atoms with E-state index in [4.69, 9.17) is 10.7 Å². The molecule has 0 saturated carbocycles. The van der Waals surface area contributed by atoms with Gasteiger partial charge in [0.15, 0.2) is 0 Å². The van der Waals surface area contributed by atoms with E-state index in [1.165, 1.54) is 23.0 Å². The van der Waals surface area contributed by atoms with Crippen LogP contribution in [0.1, 0.15) is 11.3 Å². The summed E-state index contributed by atoms with van der Waals surface area (Å²) in [5.74, 6) is -0.678. The molecule has 0 spiro atoms. The smallest absolute Gasteiger partial charge is 0.236 e. The van der Waals surface area contributed by atoms with Crippen LogP contribution in [0.3, 0.4) is 0 Å². The van der Waals surface area contributed by atoms with Gasteiger partial charge in [0.1, 0.15) is 5.82 Å². The number of hydrogen-bond donors (Lipinski definition) is 0. The van der Waals surface area contributed by atoms with Crippen molar-refractivity contribution in [2.75, 3.05) is 0 Å². The standard InChI is InChI=1S/C11H10ClFN2O2S/c1-8-9(7-18(12,16)17)6-15(14-8)11-4-2-3-10(13)5-11/h2-6H,7H2,1H3. The predicted octanol–water partition coefficient (Wildman–Crippen LogP) is 2.39. The van der Waals surface area contributed by atoms with Gasteiger partial charge in [-0.05, 0) is 25.1 Å². The van der Waals surface area contributed by atoms with Gasteiger partial charge in [-0.1, -0.05) is 6.07 Å². The molecule has 1 heterocycles. The van der Waals surface area contributed by atoms with Gasteiger partial charge in [0.2, 0.25) is 9.05 Å². The first-order chi connectivity index (χ1) is 8.35. The van der Waals surface area contributed by atoms with Crippen LogP contribution in [0, 0.1) is 12.7 Å². The lowest BCUT2D eigenvalue weighted by Crippen LogP contribution is -1.95. The molecule has 0 bridgehead atoms. The zero-order chi connectivity index (χ0) is 13.3. The molecule has 7 heteroatoms. The fraction of sp³-hybridized carbons (Fsp3) is 0.182. The minimum Gasteiger partial charge on any atom is -0.240 e. The highest BCUT2D eigenvalue weighted by Crippen LogP contribution is 2.16. The Kier molecular flexibility index (Phi) is 3.41. The van der Waals surface area contributed by atoms with Crippen molar-refractivity contribution >= 4 is 19.7 Å². The molecule has 2 rings (SSSR count). The highest BCUT2D eigenvalue weighted by molar-refractivity contribution is 8.13. The van der Waals surface area contributed by atoms with E-state index in [2.05, 4.69) is 5.10 Å². The molecular weight excluding hydrogens is 279 g/mol. The lowest BCUT2D eigenvalue weighted by molar-refractivity contribution is 0.608. The molecule has 0 unspecified atom stereocenters. The van der Waals surface area contributed by atoms with Crippen molar-refractivity contribution in [3.8, 4) is 5.69 Å². The van der Waals surface area contributed by atoms with E-state index in [0.717, 1.165) is 0 Å². The first-order valence-electron chi connectivity index (χ1n) is 5.08. The average Bonchev–Trinajstić information content (AvgIpc) is 2.58. The van der Waals surface area contributed by atoms with Gasteiger partial charge in [-0.2, -0.15) is 5.10 Å². The van der Waals surface area contributed by atoms with Crippen LogP contribution in [0.15, 0.2) is 30.5 Å². The lowest BCUT2D eigenvalue weighted by Gasteiger charge is -2.00. The summed E-state index contributed by atoms with van der Waals surface area (Å²) >= 11 is 0. The Balaban J connectivity index is 2.40. The Hall–Kier alpha value is -1.40. The van der Waals surface area contributed by atoms with Crippen molar-refractivity contribution in [3.63, 3.8) is 0 Å². The van der Waals surface area contributed by atoms with Gasteiger partial charge in [-0.25, -0.2) is 17.5 Å². The molecule has 0 aliphatic carbocycles. The van der Waals surface area contributed by atoms with Gasteiger partial charge >= 0.3 is 0 Å². The van der Waals surface area contributed by atoms with Gasteiger partial charge in [-0.3, -0.25) is 0 Å². The Morgan fingerprint density at radius 3 is 2.78 bits per heavy atom. The van der Waals surface area contributed by atoms with Crippen LogP contribution >= 0.6 is 10.7 Å². The SMILES string of the molecule is Cc1nn(-c2cccc(F)c2)cc1CS(=O)(=O)Cl. The van der Waals surface area contributed by atoms with E-state index < -0.39 is 9.05 Å². The van der Waals surface area contributed by atoms with Gasteiger partial charge in [0.05, 0.1) is 17.1 Å². The summed E-state index contributed by atoms with van der Waals surface area (Å²) in [6, 6.07) is 5.86. The molecule has 1 aromatic heterocycles. The number of halogens is 2. The normalized spacial score (nSPS) is 11.7. The molecule has 0 aliphatic rings. The van der Waals surface area contributed by atoms with E-state index in [9.17, 15) is 12.8 Å². The number of aryl methyl sites for hydroxylation is 1. The molecule has 96 valence electrons. The van der Waals surface area contributed by atoms with Crippen molar-refractivity contribution in [1.29, 1.82) is 0 Å². The Morgan fingerprint density at radius 2 is 2.17 bits per heavy atom. The quantitative estimate of drug-likeness (QED) is 0.815. The summed E-state index contributed by atoms with van der Waals surface area (Å²) in [4.78, 5) is 0. The van der Waals surface area contributed by atoms with Crippen molar-refractivity contribution < 1.29 is 12.8 Å². The molecule has 18 heavy (non-hydrogen) atoms. The minimum absolute atomic E-state index is 0.296. The van der Waals surface area contributed by atoms with Crippen LogP contribution in [0.2, 0.25) is 0 Å². The monoisotopic (exact) mass is 288 g/mol. The van der Waals surface area contributed by atoms with Gasteiger partial charge in [-0.15, -0.1) is 0 Å². The molecule has 0 N–H and O–H groups in total. The molecule has 0 amide bonds. The molecule has 4 nitrogen and oxygen atoms in total. The third-order valence-corrected chi connectivity index (χ3v) is 3.38. The Bertz CT molecular complexity index is 682. The van der Waals surface area contributed by atoms with Gasteiger partial charge < -0.3 is 0 Å². The first kappa shape index (κ1) is 13.0. The van der Waals surface area contributed by atoms with Crippen LogP contribution in [-0.4, -0.2) is 18.2 Å². The first-order valence-corrected chi connectivity index (χ1v) is 7.56.